The molecule has 0 saturated heterocycles. The molecular weight excluding hydrogens is 312 g/mol. The van der Waals surface area contributed by atoms with Crippen molar-refractivity contribution in [1.82, 2.24) is 4.98 Å². The molecule has 0 radical (unpaired) electrons. The molecule has 0 bridgehead atoms. The van der Waals surface area contributed by atoms with Gasteiger partial charge in [0.15, 0.2) is 5.69 Å². The summed E-state index contributed by atoms with van der Waals surface area (Å²) in [6, 6.07) is 6.07. The molecule has 5 nitrogen and oxygen atoms in total. The quantitative estimate of drug-likeness (QED) is 0.869. The summed E-state index contributed by atoms with van der Waals surface area (Å²) >= 11 is 3.41. The highest BCUT2D eigenvalue weighted by Crippen LogP contribution is 2.22. The second-order valence-electron chi connectivity index (χ2n) is 3.90. The largest absolute Gasteiger partial charge is 0.461 e. The average molecular weight is 325 g/mol. The Morgan fingerprint density at radius 2 is 2.26 bits per heavy atom. The first-order chi connectivity index (χ1) is 9.08. The number of carbonyl (C=O) groups is 1. The predicted octanol–water partition coefficient (Wildman–Crippen LogP) is 3.67. The first-order valence-corrected chi connectivity index (χ1v) is 6.54. The molecule has 0 spiro atoms. The van der Waals surface area contributed by atoms with Gasteiger partial charge in [0.25, 0.3) is 6.01 Å². The summed E-state index contributed by atoms with van der Waals surface area (Å²) in [6.07, 6.45) is 1.27. The molecule has 0 atom stereocenters. The molecule has 1 N–H and O–H groups in total. The van der Waals surface area contributed by atoms with Crippen LogP contribution in [0.1, 0.15) is 23.0 Å². The van der Waals surface area contributed by atoms with Gasteiger partial charge in [0.2, 0.25) is 0 Å². The van der Waals surface area contributed by atoms with Crippen molar-refractivity contribution in [3.63, 3.8) is 0 Å². The van der Waals surface area contributed by atoms with Gasteiger partial charge in [-0.2, -0.15) is 4.98 Å². The Morgan fingerprint density at radius 3 is 2.95 bits per heavy atom. The lowest BCUT2D eigenvalue weighted by molar-refractivity contribution is 0.0519. The summed E-state index contributed by atoms with van der Waals surface area (Å²) in [6.45, 7) is 4.02. The lowest BCUT2D eigenvalue weighted by Gasteiger charge is -2.03. The van der Waals surface area contributed by atoms with E-state index in [2.05, 4.69) is 26.2 Å². The number of nitrogens with one attached hydrogen (secondary N) is 1. The van der Waals surface area contributed by atoms with E-state index in [0.717, 1.165) is 15.7 Å². The lowest BCUT2D eigenvalue weighted by atomic mass is 10.2. The second kappa shape index (κ2) is 5.88. The van der Waals surface area contributed by atoms with Crippen molar-refractivity contribution in [2.45, 2.75) is 13.8 Å². The molecule has 0 unspecified atom stereocenters. The molecule has 0 fully saturated rings. The van der Waals surface area contributed by atoms with Gasteiger partial charge < -0.3 is 14.5 Å². The zero-order valence-corrected chi connectivity index (χ0v) is 12.2. The van der Waals surface area contributed by atoms with E-state index >= 15 is 0 Å². The molecule has 2 aromatic rings. The number of aromatic nitrogens is 1. The standard InChI is InChI=1S/C13H13BrN2O3/c1-3-18-12(17)11-7-19-13(16-11)15-10-5-8(2)4-9(14)6-10/h4-7H,3H2,1-2H3,(H,15,16). The molecule has 1 aromatic carbocycles. The van der Waals surface area contributed by atoms with Crippen molar-refractivity contribution in [3.8, 4) is 0 Å². The summed E-state index contributed by atoms with van der Waals surface area (Å²) < 4.78 is 11.0. The van der Waals surface area contributed by atoms with Crippen LogP contribution in [0.2, 0.25) is 0 Å². The second-order valence-corrected chi connectivity index (χ2v) is 4.82. The van der Waals surface area contributed by atoms with Crippen LogP contribution in [-0.4, -0.2) is 17.6 Å². The molecule has 0 aliphatic rings. The van der Waals surface area contributed by atoms with Crippen molar-refractivity contribution < 1.29 is 13.9 Å². The van der Waals surface area contributed by atoms with Crippen LogP contribution in [0.4, 0.5) is 11.7 Å². The van der Waals surface area contributed by atoms with E-state index in [1.807, 2.05) is 25.1 Å². The van der Waals surface area contributed by atoms with Gasteiger partial charge in [0.05, 0.1) is 6.61 Å². The summed E-state index contributed by atoms with van der Waals surface area (Å²) in [7, 11) is 0. The minimum absolute atomic E-state index is 0.149. The summed E-state index contributed by atoms with van der Waals surface area (Å²) in [5.41, 5.74) is 2.06. The molecule has 1 aromatic heterocycles. The number of benzene rings is 1. The number of oxazole rings is 1. The van der Waals surface area contributed by atoms with Gasteiger partial charge in [-0.3, -0.25) is 0 Å². The molecule has 0 aliphatic carbocycles. The van der Waals surface area contributed by atoms with E-state index in [-0.39, 0.29) is 11.7 Å². The highest BCUT2D eigenvalue weighted by atomic mass is 79.9. The highest BCUT2D eigenvalue weighted by molar-refractivity contribution is 9.10. The Morgan fingerprint density at radius 1 is 1.47 bits per heavy atom. The SMILES string of the molecule is CCOC(=O)c1coc(Nc2cc(C)cc(Br)c2)n1. The number of esters is 1. The Balaban J connectivity index is 2.13. The topological polar surface area (TPSA) is 64.4 Å². The fourth-order valence-corrected chi connectivity index (χ4v) is 2.17. The fraction of sp³-hybridized carbons (Fsp3) is 0.231. The number of rotatable bonds is 4. The fourth-order valence-electron chi connectivity index (χ4n) is 1.56. The van der Waals surface area contributed by atoms with Gasteiger partial charge in [0, 0.05) is 10.2 Å². The molecular formula is C13H13BrN2O3. The van der Waals surface area contributed by atoms with Gasteiger partial charge in [0.1, 0.15) is 6.26 Å². The molecule has 0 amide bonds. The average Bonchev–Trinajstić information content (AvgIpc) is 2.76. The first kappa shape index (κ1) is 13.6. The maximum atomic E-state index is 11.4. The number of nitrogens with zero attached hydrogens (tertiary/aromatic N) is 1. The zero-order valence-electron chi connectivity index (χ0n) is 10.6. The van der Waals surface area contributed by atoms with Crippen LogP contribution in [0, 0.1) is 6.92 Å². The summed E-state index contributed by atoms with van der Waals surface area (Å²) in [4.78, 5) is 15.5. The molecule has 0 aliphatic heterocycles. The number of hydrogen-bond donors (Lipinski definition) is 1. The van der Waals surface area contributed by atoms with E-state index in [4.69, 9.17) is 9.15 Å². The third-order valence-electron chi connectivity index (χ3n) is 2.28. The molecule has 2 rings (SSSR count). The Labute approximate surface area is 119 Å². The normalized spacial score (nSPS) is 10.3. The maximum absolute atomic E-state index is 11.4. The smallest absolute Gasteiger partial charge is 0.360 e. The maximum Gasteiger partial charge on any atom is 0.360 e. The molecule has 0 saturated carbocycles. The Kier molecular flexibility index (Phi) is 4.21. The summed E-state index contributed by atoms with van der Waals surface area (Å²) in [5.74, 6) is -0.496. The minimum atomic E-state index is -0.496. The van der Waals surface area contributed by atoms with Crippen molar-refractivity contribution in [2.24, 2.45) is 0 Å². The van der Waals surface area contributed by atoms with Crippen molar-refractivity contribution in [2.75, 3.05) is 11.9 Å². The van der Waals surface area contributed by atoms with E-state index in [9.17, 15) is 4.79 Å². The van der Waals surface area contributed by atoms with Crippen molar-refractivity contribution in [3.05, 3.63) is 40.2 Å². The Hall–Kier alpha value is -1.82. The number of hydrogen-bond acceptors (Lipinski definition) is 5. The predicted molar refractivity (Wildman–Crippen MR) is 74.6 cm³/mol. The lowest BCUT2D eigenvalue weighted by Crippen LogP contribution is -2.05. The zero-order chi connectivity index (χ0) is 13.8. The van der Waals surface area contributed by atoms with Gasteiger partial charge in [-0.05, 0) is 37.6 Å². The van der Waals surface area contributed by atoms with Crippen LogP contribution < -0.4 is 5.32 Å². The van der Waals surface area contributed by atoms with Gasteiger partial charge >= 0.3 is 5.97 Å². The molecule has 1 heterocycles. The van der Waals surface area contributed by atoms with Crippen LogP contribution in [0.3, 0.4) is 0 Å². The van der Waals surface area contributed by atoms with E-state index in [1.54, 1.807) is 6.92 Å². The van der Waals surface area contributed by atoms with Gasteiger partial charge in [-0.1, -0.05) is 15.9 Å². The van der Waals surface area contributed by atoms with Gasteiger partial charge in [-0.25, -0.2) is 4.79 Å². The molecule has 19 heavy (non-hydrogen) atoms. The Bertz CT molecular complexity index is 575. The van der Waals surface area contributed by atoms with Crippen molar-refractivity contribution >= 4 is 33.6 Å². The van der Waals surface area contributed by atoms with E-state index in [1.165, 1.54) is 6.26 Å². The molecule has 100 valence electrons. The van der Waals surface area contributed by atoms with Gasteiger partial charge in [-0.15, -0.1) is 0 Å². The summed E-state index contributed by atoms with van der Waals surface area (Å²) in [5, 5.41) is 2.99. The monoisotopic (exact) mass is 324 g/mol. The van der Waals surface area contributed by atoms with Crippen LogP contribution in [0.25, 0.3) is 0 Å². The highest BCUT2D eigenvalue weighted by Gasteiger charge is 2.13. The van der Waals surface area contributed by atoms with E-state index < -0.39 is 5.97 Å². The first-order valence-electron chi connectivity index (χ1n) is 5.75. The van der Waals surface area contributed by atoms with Crippen molar-refractivity contribution in [1.29, 1.82) is 0 Å². The number of anilines is 2. The van der Waals surface area contributed by atoms with Crippen LogP contribution in [0.5, 0.6) is 0 Å². The van der Waals surface area contributed by atoms with E-state index in [0.29, 0.717) is 6.61 Å². The van der Waals surface area contributed by atoms with Crippen LogP contribution >= 0.6 is 15.9 Å². The molecule has 6 heteroatoms. The number of aryl methyl sites for hydroxylation is 1. The number of carbonyl (C=O) groups excluding carboxylic acids is 1. The third kappa shape index (κ3) is 3.57. The van der Waals surface area contributed by atoms with Crippen LogP contribution in [0.15, 0.2) is 33.4 Å². The number of ether oxygens (including phenoxy) is 1. The van der Waals surface area contributed by atoms with Crippen LogP contribution in [-0.2, 0) is 4.74 Å². The third-order valence-corrected chi connectivity index (χ3v) is 2.74. The minimum Gasteiger partial charge on any atom is -0.461 e. The number of halogens is 1.